The zero-order valence-corrected chi connectivity index (χ0v) is 13.8. The van der Waals surface area contributed by atoms with Crippen LogP contribution in [0.15, 0.2) is 11.4 Å². The van der Waals surface area contributed by atoms with Crippen LogP contribution in [0.25, 0.3) is 0 Å². The Morgan fingerprint density at radius 3 is 2.76 bits per heavy atom. The maximum atomic E-state index is 12.5. The second kappa shape index (κ2) is 7.38. The van der Waals surface area contributed by atoms with Gasteiger partial charge in [0.15, 0.2) is 0 Å². The minimum absolute atomic E-state index is 0.328. The summed E-state index contributed by atoms with van der Waals surface area (Å²) >= 11 is 1.52. The molecule has 0 aromatic carbocycles. The van der Waals surface area contributed by atoms with Crippen LogP contribution < -0.4 is 5.73 Å². The van der Waals surface area contributed by atoms with E-state index in [1.807, 2.05) is 11.4 Å². The van der Waals surface area contributed by atoms with Crippen molar-refractivity contribution in [3.63, 3.8) is 0 Å². The van der Waals surface area contributed by atoms with Gasteiger partial charge in [0.05, 0.1) is 6.54 Å². The lowest BCUT2D eigenvalue weighted by Crippen LogP contribution is -2.43. The number of piperidine rings is 1. The molecule has 0 unspecified atom stereocenters. The molecule has 0 amide bonds. The maximum absolute atomic E-state index is 12.5. The molecule has 0 aliphatic carbocycles. The van der Waals surface area contributed by atoms with Crippen molar-refractivity contribution >= 4 is 21.5 Å². The van der Waals surface area contributed by atoms with Crippen LogP contribution in [0.5, 0.6) is 0 Å². The van der Waals surface area contributed by atoms with E-state index in [-0.39, 0.29) is 0 Å². The first-order chi connectivity index (χ1) is 10.0. The van der Waals surface area contributed by atoms with Gasteiger partial charge < -0.3 is 5.73 Å². The third-order valence-electron chi connectivity index (χ3n) is 3.40. The maximum Gasteiger partial charge on any atom is 0.282 e. The van der Waals surface area contributed by atoms with Crippen LogP contribution in [0.2, 0.25) is 0 Å². The Morgan fingerprint density at radius 1 is 1.38 bits per heavy atom. The Bertz CT molecular complexity index is 622. The predicted octanol–water partition coefficient (Wildman–Crippen LogP) is 1.22. The molecule has 1 saturated heterocycles. The monoisotopic (exact) mass is 327 g/mol. The van der Waals surface area contributed by atoms with Gasteiger partial charge in [0.2, 0.25) is 0 Å². The molecule has 0 atom stereocenters. The Hall–Kier alpha value is -0.910. The number of nitrogens with zero attached hydrogens (tertiary/aromatic N) is 2. The van der Waals surface area contributed by atoms with Crippen molar-refractivity contribution in [2.45, 2.75) is 25.8 Å². The third-order valence-corrected chi connectivity index (χ3v) is 6.26. The Balaban J connectivity index is 2.02. The van der Waals surface area contributed by atoms with Crippen LogP contribution in [0.3, 0.4) is 0 Å². The molecule has 1 aliphatic heterocycles. The SMILES string of the molecule is CN(Cc1cc(C#CCN)cs1)S(=O)(=O)N1CCCCC1. The molecular weight excluding hydrogens is 306 g/mol. The van der Waals surface area contributed by atoms with E-state index in [1.54, 1.807) is 11.4 Å². The number of nitrogens with two attached hydrogens (primary N) is 1. The minimum atomic E-state index is -3.35. The van der Waals surface area contributed by atoms with E-state index < -0.39 is 10.2 Å². The largest absolute Gasteiger partial charge is 0.320 e. The second-order valence-electron chi connectivity index (χ2n) is 5.03. The molecule has 2 N–H and O–H groups in total. The van der Waals surface area contributed by atoms with E-state index in [0.29, 0.717) is 26.2 Å². The normalized spacial score (nSPS) is 16.7. The number of hydrogen-bond acceptors (Lipinski definition) is 4. The van der Waals surface area contributed by atoms with Crippen LogP contribution >= 0.6 is 11.3 Å². The minimum Gasteiger partial charge on any atom is -0.320 e. The quantitative estimate of drug-likeness (QED) is 0.846. The average molecular weight is 327 g/mol. The van der Waals surface area contributed by atoms with Crippen LogP contribution in [0.4, 0.5) is 0 Å². The number of hydrogen-bond donors (Lipinski definition) is 1. The smallest absolute Gasteiger partial charge is 0.282 e. The second-order valence-corrected chi connectivity index (χ2v) is 8.06. The van der Waals surface area contributed by atoms with E-state index in [0.717, 1.165) is 29.7 Å². The highest BCUT2D eigenvalue weighted by Crippen LogP contribution is 2.20. The molecule has 7 heteroatoms. The molecule has 1 aliphatic rings. The molecule has 2 heterocycles. The standard InChI is InChI=1S/C14H21N3O2S2/c1-16(21(18,19)17-8-3-2-4-9-17)11-14-10-13(12-20-14)6-5-7-15/h10,12H,2-4,7-9,11,15H2,1H3. The lowest BCUT2D eigenvalue weighted by atomic mass is 10.2. The number of thiophene rings is 1. The van der Waals surface area contributed by atoms with Gasteiger partial charge in [-0.2, -0.15) is 17.0 Å². The van der Waals surface area contributed by atoms with Gasteiger partial charge in [-0.25, -0.2) is 0 Å². The fourth-order valence-corrected chi connectivity index (χ4v) is 4.64. The summed E-state index contributed by atoms with van der Waals surface area (Å²) in [7, 11) is -1.72. The molecular formula is C14H21N3O2S2. The lowest BCUT2D eigenvalue weighted by molar-refractivity contribution is 0.314. The molecule has 5 nitrogen and oxygen atoms in total. The molecule has 0 saturated carbocycles. The van der Waals surface area contributed by atoms with Crippen molar-refractivity contribution in [1.82, 2.24) is 8.61 Å². The highest BCUT2D eigenvalue weighted by molar-refractivity contribution is 7.86. The van der Waals surface area contributed by atoms with Crippen molar-refractivity contribution in [2.24, 2.45) is 5.73 Å². The number of rotatable bonds is 4. The van der Waals surface area contributed by atoms with Gasteiger partial charge in [0.25, 0.3) is 10.2 Å². The van der Waals surface area contributed by atoms with Crippen molar-refractivity contribution in [3.05, 3.63) is 21.9 Å². The molecule has 116 valence electrons. The van der Waals surface area contributed by atoms with Gasteiger partial charge >= 0.3 is 0 Å². The molecule has 0 spiro atoms. The first kappa shape index (κ1) is 16.5. The van der Waals surface area contributed by atoms with Crippen LogP contribution in [0, 0.1) is 11.8 Å². The summed E-state index contributed by atoms with van der Waals surface area (Å²) in [6.45, 7) is 1.97. The zero-order valence-electron chi connectivity index (χ0n) is 12.2. The Kier molecular flexibility index (Phi) is 5.79. The fraction of sp³-hybridized carbons (Fsp3) is 0.571. The summed E-state index contributed by atoms with van der Waals surface area (Å²) in [6, 6.07) is 1.93. The fourth-order valence-electron chi connectivity index (χ4n) is 2.28. The van der Waals surface area contributed by atoms with Gasteiger partial charge in [0, 0.05) is 42.5 Å². The van der Waals surface area contributed by atoms with Crippen molar-refractivity contribution in [3.8, 4) is 11.8 Å². The van der Waals surface area contributed by atoms with E-state index >= 15 is 0 Å². The van der Waals surface area contributed by atoms with Crippen LogP contribution in [-0.4, -0.2) is 43.7 Å². The van der Waals surface area contributed by atoms with Crippen LogP contribution in [-0.2, 0) is 16.8 Å². The zero-order chi connectivity index (χ0) is 15.3. The highest BCUT2D eigenvalue weighted by Gasteiger charge is 2.28. The Morgan fingerprint density at radius 2 is 2.10 bits per heavy atom. The van der Waals surface area contributed by atoms with Gasteiger partial charge in [-0.05, 0) is 18.9 Å². The van der Waals surface area contributed by atoms with E-state index in [1.165, 1.54) is 15.6 Å². The van der Waals surface area contributed by atoms with Crippen LogP contribution in [0.1, 0.15) is 29.7 Å². The Labute approximate surface area is 130 Å². The molecule has 1 aromatic heterocycles. The van der Waals surface area contributed by atoms with Gasteiger partial charge in [-0.15, -0.1) is 11.3 Å². The van der Waals surface area contributed by atoms with E-state index in [9.17, 15) is 8.42 Å². The van der Waals surface area contributed by atoms with E-state index in [2.05, 4.69) is 11.8 Å². The van der Waals surface area contributed by atoms with Crippen molar-refractivity contribution in [2.75, 3.05) is 26.7 Å². The molecule has 1 fully saturated rings. The predicted molar refractivity (Wildman–Crippen MR) is 86.1 cm³/mol. The van der Waals surface area contributed by atoms with Gasteiger partial charge in [0.1, 0.15) is 0 Å². The average Bonchev–Trinajstić information content (AvgIpc) is 2.93. The molecule has 1 aromatic rings. The summed E-state index contributed by atoms with van der Waals surface area (Å²) in [5.74, 6) is 5.75. The van der Waals surface area contributed by atoms with Gasteiger partial charge in [-0.3, -0.25) is 0 Å². The van der Waals surface area contributed by atoms with E-state index in [4.69, 9.17) is 5.73 Å². The summed E-state index contributed by atoms with van der Waals surface area (Å²) in [4.78, 5) is 0.986. The first-order valence-electron chi connectivity index (χ1n) is 7.02. The van der Waals surface area contributed by atoms with Crippen molar-refractivity contribution < 1.29 is 8.42 Å². The summed E-state index contributed by atoms with van der Waals surface area (Å²) in [5.41, 5.74) is 6.23. The molecule has 0 bridgehead atoms. The first-order valence-corrected chi connectivity index (χ1v) is 9.29. The molecule has 21 heavy (non-hydrogen) atoms. The third kappa shape index (κ3) is 4.28. The highest BCUT2D eigenvalue weighted by atomic mass is 32.2. The summed E-state index contributed by atoms with van der Waals surface area (Å²) in [5, 5.41) is 1.93. The molecule has 2 rings (SSSR count). The topological polar surface area (TPSA) is 66.6 Å². The lowest BCUT2D eigenvalue weighted by Gasteiger charge is -2.29. The van der Waals surface area contributed by atoms with Gasteiger partial charge in [-0.1, -0.05) is 18.3 Å². The summed E-state index contributed by atoms with van der Waals surface area (Å²) in [6.07, 6.45) is 3.01. The summed E-state index contributed by atoms with van der Waals surface area (Å²) < 4.78 is 28.0. The molecule has 0 radical (unpaired) electrons. The van der Waals surface area contributed by atoms with Crippen molar-refractivity contribution in [1.29, 1.82) is 0 Å².